The first kappa shape index (κ1) is 9.40. The molecule has 0 atom stereocenters. The summed E-state index contributed by atoms with van der Waals surface area (Å²) in [4.78, 5) is 0. The zero-order valence-electron chi connectivity index (χ0n) is 8.17. The molecule has 13 heavy (non-hydrogen) atoms. The largest absolute Gasteiger partial charge is 0.350 e. The molecular weight excluding hydrogens is 172 g/mol. The molecule has 0 radical (unpaired) electrons. The lowest BCUT2D eigenvalue weighted by molar-refractivity contribution is -0.362. The first-order valence-corrected chi connectivity index (χ1v) is 4.55. The topological polar surface area (TPSA) is 36.9 Å². The third-order valence-electron chi connectivity index (χ3n) is 2.26. The zero-order chi connectivity index (χ0) is 9.36. The van der Waals surface area contributed by atoms with Crippen LogP contribution in [0.25, 0.3) is 0 Å². The van der Waals surface area contributed by atoms with Crippen molar-refractivity contribution in [1.82, 2.24) is 0 Å². The SMILES string of the molecule is CC1(C)COC2(COCOC2)OC1. The van der Waals surface area contributed by atoms with Gasteiger partial charge in [0.2, 0.25) is 5.79 Å². The van der Waals surface area contributed by atoms with Crippen molar-refractivity contribution in [3.05, 3.63) is 0 Å². The van der Waals surface area contributed by atoms with Gasteiger partial charge in [0.1, 0.15) is 20.0 Å². The fourth-order valence-corrected chi connectivity index (χ4v) is 1.40. The third kappa shape index (κ3) is 2.02. The minimum absolute atomic E-state index is 0.0999. The van der Waals surface area contributed by atoms with Crippen molar-refractivity contribution in [2.45, 2.75) is 19.6 Å². The van der Waals surface area contributed by atoms with Crippen molar-refractivity contribution in [2.75, 3.05) is 33.2 Å². The van der Waals surface area contributed by atoms with Crippen LogP contribution in [0.4, 0.5) is 0 Å². The van der Waals surface area contributed by atoms with Crippen LogP contribution in [-0.2, 0) is 18.9 Å². The standard InChI is InChI=1S/C9H16O4/c1-8(2)3-12-9(13-4-8)5-10-7-11-6-9/h3-7H2,1-2H3. The molecule has 4 heteroatoms. The Morgan fingerprint density at radius 1 is 0.846 bits per heavy atom. The average molecular weight is 188 g/mol. The Hall–Kier alpha value is -0.160. The number of ether oxygens (including phenoxy) is 4. The molecular formula is C9H16O4. The van der Waals surface area contributed by atoms with Crippen LogP contribution >= 0.6 is 0 Å². The van der Waals surface area contributed by atoms with Gasteiger partial charge in [-0.3, -0.25) is 0 Å². The molecule has 4 nitrogen and oxygen atoms in total. The summed E-state index contributed by atoms with van der Waals surface area (Å²) in [6.07, 6.45) is 0. The zero-order valence-corrected chi connectivity index (χ0v) is 8.17. The molecule has 2 heterocycles. The maximum absolute atomic E-state index is 5.65. The molecule has 0 aromatic carbocycles. The molecule has 2 aliphatic heterocycles. The van der Waals surface area contributed by atoms with E-state index >= 15 is 0 Å². The van der Waals surface area contributed by atoms with Gasteiger partial charge in [-0.2, -0.15) is 0 Å². The first-order chi connectivity index (χ1) is 6.12. The van der Waals surface area contributed by atoms with Gasteiger partial charge in [-0.25, -0.2) is 0 Å². The van der Waals surface area contributed by atoms with Crippen LogP contribution in [0.2, 0.25) is 0 Å². The predicted molar refractivity (Wildman–Crippen MR) is 45.2 cm³/mol. The molecule has 0 aliphatic carbocycles. The van der Waals surface area contributed by atoms with Gasteiger partial charge >= 0.3 is 0 Å². The van der Waals surface area contributed by atoms with E-state index in [1.165, 1.54) is 0 Å². The van der Waals surface area contributed by atoms with Gasteiger partial charge in [-0.15, -0.1) is 0 Å². The lowest BCUT2D eigenvalue weighted by Gasteiger charge is -2.44. The predicted octanol–water partition coefficient (Wildman–Crippen LogP) is 0.760. The van der Waals surface area contributed by atoms with Gasteiger partial charge in [0.25, 0.3) is 0 Å². The smallest absolute Gasteiger partial charge is 0.216 e. The van der Waals surface area contributed by atoms with Crippen LogP contribution in [0.1, 0.15) is 13.8 Å². The fraction of sp³-hybridized carbons (Fsp3) is 1.00. The third-order valence-corrected chi connectivity index (χ3v) is 2.26. The molecule has 2 saturated heterocycles. The second-order valence-electron chi connectivity index (χ2n) is 4.47. The first-order valence-electron chi connectivity index (χ1n) is 4.55. The van der Waals surface area contributed by atoms with E-state index in [2.05, 4.69) is 13.8 Å². The average Bonchev–Trinajstić information content (AvgIpc) is 2.13. The Bertz CT molecular complexity index is 172. The van der Waals surface area contributed by atoms with Crippen molar-refractivity contribution >= 4 is 0 Å². The summed E-state index contributed by atoms with van der Waals surface area (Å²) in [6.45, 7) is 6.91. The highest BCUT2D eigenvalue weighted by molar-refractivity contribution is 4.80. The van der Waals surface area contributed by atoms with Gasteiger partial charge in [0.15, 0.2) is 0 Å². The van der Waals surface area contributed by atoms with E-state index in [-0.39, 0.29) is 5.41 Å². The second-order valence-corrected chi connectivity index (χ2v) is 4.47. The highest BCUT2D eigenvalue weighted by Crippen LogP contribution is 2.30. The van der Waals surface area contributed by atoms with Gasteiger partial charge in [-0.05, 0) is 0 Å². The number of hydrogen-bond acceptors (Lipinski definition) is 4. The molecule has 1 spiro atoms. The summed E-state index contributed by atoms with van der Waals surface area (Å²) in [5.74, 6) is -0.631. The molecule has 0 N–H and O–H groups in total. The van der Waals surface area contributed by atoms with Crippen molar-refractivity contribution in [1.29, 1.82) is 0 Å². The maximum Gasteiger partial charge on any atom is 0.216 e. The van der Waals surface area contributed by atoms with Gasteiger partial charge in [0, 0.05) is 5.41 Å². The molecule has 0 aromatic rings. The molecule has 2 aliphatic rings. The maximum atomic E-state index is 5.65. The molecule has 0 amide bonds. The molecule has 0 bridgehead atoms. The van der Waals surface area contributed by atoms with E-state index in [9.17, 15) is 0 Å². The minimum atomic E-state index is -0.631. The van der Waals surface area contributed by atoms with Crippen LogP contribution in [0.5, 0.6) is 0 Å². The van der Waals surface area contributed by atoms with Crippen LogP contribution in [0, 0.1) is 5.41 Å². The lowest BCUT2D eigenvalue weighted by atomic mass is 9.95. The van der Waals surface area contributed by atoms with E-state index in [0.717, 1.165) is 0 Å². The highest BCUT2D eigenvalue weighted by atomic mass is 16.8. The van der Waals surface area contributed by atoms with Gasteiger partial charge in [-0.1, -0.05) is 13.8 Å². The van der Waals surface area contributed by atoms with E-state index < -0.39 is 5.79 Å². The summed E-state index contributed by atoms with van der Waals surface area (Å²) in [5, 5.41) is 0. The molecule has 0 saturated carbocycles. The lowest BCUT2D eigenvalue weighted by Crippen LogP contribution is -2.55. The Balaban J connectivity index is 1.95. The summed E-state index contributed by atoms with van der Waals surface area (Å²) in [6, 6.07) is 0. The Kier molecular flexibility index (Phi) is 2.32. The minimum Gasteiger partial charge on any atom is -0.350 e. The summed E-state index contributed by atoms with van der Waals surface area (Å²) >= 11 is 0. The van der Waals surface area contributed by atoms with Crippen molar-refractivity contribution in [3.63, 3.8) is 0 Å². The number of hydrogen-bond donors (Lipinski definition) is 0. The Morgan fingerprint density at radius 3 is 1.92 bits per heavy atom. The molecule has 0 unspecified atom stereocenters. The van der Waals surface area contributed by atoms with Crippen molar-refractivity contribution in [2.24, 2.45) is 5.41 Å². The van der Waals surface area contributed by atoms with E-state index in [0.29, 0.717) is 33.2 Å². The van der Waals surface area contributed by atoms with Crippen molar-refractivity contribution < 1.29 is 18.9 Å². The van der Waals surface area contributed by atoms with Crippen LogP contribution in [0.15, 0.2) is 0 Å². The molecule has 2 fully saturated rings. The summed E-state index contributed by atoms with van der Waals surface area (Å²) in [5.41, 5.74) is 0.0999. The summed E-state index contributed by atoms with van der Waals surface area (Å²) in [7, 11) is 0. The van der Waals surface area contributed by atoms with Gasteiger partial charge in [0.05, 0.1) is 13.2 Å². The number of rotatable bonds is 0. The van der Waals surface area contributed by atoms with Crippen LogP contribution in [-0.4, -0.2) is 39.0 Å². The Labute approximate surface area is 78.1 Å². The quantitative estimate of drug-likeness (QED) is 0.562. The summed E-state index contributed by atoms with van der Waals surface area (Å²) < 4.78 is 21.6. The highest BCUT2D eigenvalue weighted by Gasteiger charge is 2.42. The molecule has 76 valence electrons. The van der Waals surface area contributed by atoms with E-state index in [1.807, 2.05) is 0 Å². The monoisotopic (exact) mass is 188 g/mol. The van der Waals surface area contributed by atoms with E-state index in [4.69, 9.17) is 18.9 Å². The van der Waals surface area contributed by atoms with Crippen LogP contribution in [0.3, 0.4) is 0 Å². The van der Waals surface area contributed by atoms with Crippen molar-refractivity contribution in [3.8, 4) is 0 Å². The van der Waals surface area contributed by atoms with Gasteiger partial charge < -0.3 is 18.9 Å². The fourth-order valence-electron chi connectivity index (χ4n) is 1.40. The van der Waals surface area contributed by atoms with Crippen LogP contribution < -0.4 is 0 Å². The Morgan fingerprint density at radius 2 is 1.38 bits per heavy atom. The molecule has 2 rings (SSSR count). The molecule has 0 aromatic heterocycles. The second kappa shape index (κ2) is 3.20. The van der Waals surface area contributed by atoms with E-state index in [1.54, 1.807) is 0 Å². The normalized spacial score (nSPS) is 31.8.